The van der Waals surface area contributed by atoms with Crippen molar-refractivity contribution in [3.63, 3.8) is 0 Å². The third-order valence-corrected chi connectivity index (χ3v) is 4.40. The topological polar surface area (TPSA) is 90.7 Å². The second-order valence-electron chi connectivity index (χ2n) is 5.80. The molecular formula is C15H17ClN2O5. The standard InChI is InChI=1S/C15H17ClN2O5/c16-10-3-4-13(18(20)21)12(7-10)14(19)17-8-11-9-22-15(23-11)5-1-2-6-15/h3-4,7,11H,1-2,5-6,8-9H2,(H,17,19)/t11-/m1/s1. The van der Waals surface area contributed by atoms with E-state index in [0.29, 0.717) is 6.61 Å². The third kappa shape index (κ3) is 3.46. The van der Waals surface area contributed by atoms with Crippen molar-refractivity contribution in [3.05, 3.63) is 38.9 Å². The van der Waals surface area contributed by atoms with Gasteiger partial charge in [0.2, 0.25) is 0 Å². The number of amides is 1. The molecule has 23 heavy (non-hydrogen) atoms. The number of hydrogen-bond donors (Lipinski definition) is 1. The lowest BCUT2D eigenvalue weighted by Gasteiger charge is -2.21. The molecule has 1 saturated heterocycles. The quantitative estimate of drug-likeness (QED) is 0.672. The van der Waals surface area contributed by atoms with Gasteiger partial charge in [0.25, 0.3) is 11.6 Å². The minimum Gasteiger partial charge on any atom is -0.349 e. The van der Waals surface area contributed by atoms with E-state index in [9.17, 15) is 14.9 Å². The summed E-state index contributed by atoms with van der Waals surface area (Å²) in [5.74, 6) is -1.03. The Hall–Kier alpha value is -1.70. The third-order valence-electron chi connectivity index (χ3n) is 4.17. The van der Waals surface area contributed by atoms with E-state index in [4.69, 9.17) is 21.1 Å². The summed E-state index contributed by atoms with van der Waals surface area (Å²) in [6.07, 6.45) is 3.66. The Morgan fingerprint density at radius 2 is 2.17 bits per heavy atom. The summed E-state index contributed by atoms with van der Waals surface area (Å²) in [5, 5.41) is 13.9. The molecule has 2 fully saturated rings. The van der Waals surface area contributed by atoms with Gasteiger partial charge in [-0.1, -0.05) is 11.6 Å². The van der Waals surface area contributed by atoms with Gasteiger partial charge in [-0.3, -0.25) is 14.9 Å². The molecule has 1 saturated carbocycles. The number of hydrogen-bond acceptors (Lipinski definition) is 5. The van der Waals surface area contributed by atoms with Gasteiger partial charge in [0.15, 0.2) is 5.79 Å². The van der Waals surface area contributed by atoms with E-state index in [1.54, 1.807) is 0 Å². The first kappa shape index (κ1) is 16.2. The number of carbonyl (C=O) groups is 1. The van der Waals surface area contributed by atoms with Crippen LogP contribution in [0.5, 0.6) is 0 Å². The normalized spacial score (nSPS) is 22.4. The molecule has 3 rings (SSSR count). The van der Waals surface area contributed by atoms with Crippen LogP contribution >= 0.6 is 11.6 Å². The summed E-state index contributed by atoms with van der Waals surface area (Å²) < 4.78 is 11.6. The molecule has 7 nitrogen and oxygen atoms in total. The van der Waals surface area contributed by atoms with Gasteiger partial charge in [-0.25, -0.2) is 0 Å². The van der Waals surface area contributed by atoms with Crippen molar-refractivity contribution >= 4 is 23.2 Å². The maximum Gasteiger partial charge on any atom is 0.282 e. The van der Waals surface area contributed by atoms with Crippen LogP contribution in [-0.4, -0.2) is 35.9 Å². The molecule has 0 aromatic heterocycles. The van der Waals surface area contributed by atoms with E-state index in [1.807, 2.05) is 0 Å². The zero-order chi connectivity index (χ0) is 16.4. The summed E-state index contributed by atoms with van der Waals surface area (Å²) in [5.41, 5.74) is -0.334. The summed E-state index contributed by atoms with van der Waals surface area (Å²) in [4.78, 5) is 22.6. The number of nitro groups is 1. The fraction of sp³-hybridized carbons (Fsp3) is 0.533. The minimum absolute atomic E-state index is 0.0583. The van der Waals surface area contributed by atoms with Gasteiger partial charge >= 0.3 is 0 Å². The summed E-state index contributed by atoms with van der Waals surface area (Å²) >= 11 is 5.83. The average Bonchev–Trinajstić information content (AvgIpc) is 3.15. The van der Waals surface area contributed by atoms with Gasteiger partial charge < -0.3 is 14.8 Å². The molecule has 1 amide bonds. The Labute approximate surface area is 138 Å². The monoisotopic (exact) mass is 340 g/mol. The highest BCUT2D eigenvalue weighted by Crippen LogP contribution is 2.39. The highest BCUT2D eigenvalue weighted by Gasteiger charge is 2.43. The van der Waals surface area contributed by atoms with Gasteiger partial charge in [-0.2, -0.15) is 0 Å². The number of halogens is 1. The van der Waals surface area contributed by atoms with Crippen molar-refractivity contribution in [3.8, 4) is 0 Å². The number of nitro benzene ring substituents is 1. The molecule has 0 unspecified atom stereocenters. The lowest BCUT2D eigenvalue weighted by Crippen LogP contribution is -2.35. The predicted molar refractivity (Wildman–Crippen MR) is 82.5 cm³/mol. The van der Waals surface area contributed by atoms with E-state index in [-0.39, 0.29) is 28.9 Å². The van der Waals surface area contributed by atoms with E-state index in [0.717, 1.165) is 25.7 Å². The first-order valence-corrected chi connectivity index (χ1v) is 7.91. The Morgan fingerprint density at radius 3 is 2.87 bits per heavy atom. The number of benzene rings is 1. The highest BCUT2D eigenvalue weighted by atomic mass is 35.5. The van der Waals surface area contributed by atoms with Crippen LogP contribution in [0.15, 0.2) is 18.2 Å². The first-order valence-electron chi connectivity index (χ1n) is 7.53. The molecule has 124 valence electrons. The Bertz CT molecular complexity index is 630. The number of nitrogens with zero attached hydrogens (tertiary/aromatic N) is 1. The molecule has 1 aliphatic heterocycles. The summed E-state index contributed by atoms with van der Waals surface area (Å²) in [7, 11) is 0. The summed E-state index contributed by atoms with van der Waals surface area (Å²) in [6, 6.07) is 3.90. The fourth-order valence-corrected chi connectivity index (χ4v) is 3.22. The van der Waals surface area contributed by atoms with E-state index < -0.39 is 16.6 Å². The molecule has 2 aliphatic rings. The van der Waals surface area contributed by atoms with Crippen LogP contribution in [0, 0.1) is 10.1 Å². The molecule has 1 aromatic carbocycles. The van der Waals surface area contributed by atoms with E-state index in [2.05, 4.69) is 5.32 Å². The predicted octanol–water partition coefficient (Wildman–Crippen LogP) is 2.66. The van der Waals surface area contributed by atoms with Gasteiger partial charge in [0, 0.05) is 30.5 Å². The van der Waals surface area contributed by atoms with Crippen molar-refractivity contribution in [1.82, 2.24) is 5.32 Å². The molecule has 8 heteroatoms. The highest BCUT2D eigenvalue weighted by molar-refractivity contribution is 6.31. The minimum atomic E-state index is -0.603. The van der Waals surface area contributed by atoms with Crippen LogP contribution in [0.4, 0.5) is 5.69 Å². The van der Waals surface area contributed by atoms with Crippen molar-refractivity contribution in [1.29, 1.82) is 0 Å². The smallest absolute Gasteiger partial charge is 0.282 e. The molecule has 1 aromatic rings. The van der Waals surface area contributed by atoms with Crippen LogP contribution < -0.4 is 5.32 Å². The molecule has 0 radical (unpaired) electrons. The second kappa shape index (κ2) is 6.43. The Morgan fingerprint density at radius 1 is 1.43 bits per heavy atom. The number of ether oxygens (including phenoxy) is 2. The maximum absolute atomic E-state index is 12.2. The fourth-order valence-electron chi connectivity index (χ4n) is 3.04. The zero-order valence-electron chi connectivity index (χ0n) is 12.4. The van der Waals surface area contributed by atoms with Crippen molar-refractivity contribution in [2.45, 2.75) is 37.6 Å². The molecule has 1 atom stereocenters. The average molecular weight is 341 g/mol. The van der Waals surface area contributed by atoms with Crippen LogP contribution in [0.3, 0.4) is 0 Å². The molecule has 1 aliphatic carbocycles. The van der Waals surface area contributed by atoms with Crippen LogP contribution in [0.25, 0.3) is 0 Å². The summed E-state index contributed by atoms with van der Waals surface area (Å²) in [6.45, 7) is 0.655. The van der Waals surface area contributed by atoms with Crippen LogP contribution in [-0.2, 0) is 9.47 Å². The van der Waals surface area contributed by atoms with E-state index in [1.165, 1.54) is 18.2 Å². The molecular weight excluding hydrogens is 324 g/mol. The number of rotatable bonds is 4. The first-order chi connectivity index (χ1) is 11.0. The maximum atomic E-state index is 12.2. The van der Waals surface area contributed by atoms with Crippen molar-refractivity contribution in [2.75, 3.05) is 13.2 Å². The lowest BCUT2D eigenvalue weighted by molar-refractivity contribution is -0.385. The van der Waals surface area contributed by atoms with Crippen LogP contribution in [0.1, 0.15) is 36.0 Å². The lowest BCUT2D eigenvalue weighted by atomic mass is 10.1. The van der Waals surface area contributed by atoms with Gasteiger partial charge in [-0.15, -0.1) is 0 Å². The van der Waals surface area contributed by atoms with Crippen molar-refractivity contribution < 1.29 is 19.2 Å². The van der Waals surface area contributed by atoms with Gasteiger partial charge in [0.05, 0.1) is 11.5 Å². The van der Waals surface area contributed by atoms with E-state index >= 15 is 0 Å². The SMILES string of the molecule is O=C(NC[C@@H]1COC2(CCCC2)O1)c1cc(Cl)ccc1[N+](=O)[O-]. The van der Waals surface area contributed by atoms with Crippen molar-refractivity contribution in [2.24, 2.45) is 0 Å². The molecule has 1 N–H and O–H groups in total. The second-order valence-corrected chi connectivity index (χ2v) is 6.23. The molecule has 1 spiro atoms. The number of nitrogens with one attached hydrogen (secondary N) is 1. The van der Waals surface area contributed by atoms with Gasteiger partial charge in [-0.05, 0) is 25.0 Å². The zero-order valence-corrected chi connectivity index (χ0v) is 13.2. The molecule has 0 bridgehead atoms. The Balaban J connectivity index is 1.62. The largest absolute Gasteiger partial charge is 0.349 e. The molecule has 1 heterocycles. The van der Waals surface area contributed by atoms with Gasteiger partial charge in [0.1, 0.15) is 11.7 Å². The Kier molecular flexibility index (Phi) is 4.52. The van der Waals surface area contributed by atoms with Crippen LogP contribution in [0.2, 0.25) is 5.02 Å². The number of carbonyl (C=O) groups excluding carboxylic acids is 1.